The van der Waals surface area contributed by atoms with Crippen LogP contribution in [0.4, 0.5) is 0 Å². The Balaban J connectivity index is 3.48. The van der Waals surface area contributed by atoms with Crippen molar-refractivity contribution in [3.05, 3.63) is 0 Å². The zero-order chi connectivity index (χ0) is 9.23. The van der Waals surface area contributed by atoms with Crippen LogP contribution in [0.15, 0.2) is 0 Å². The van der Waals surface area contributed by atoms with E-state index in [-0.39, 0.29) is 6.61 Å². The van der Waals surface area contributed by atoms with Crippen LogP contribution in [-0.2, 0) is 0 Å². The number of hydrogen-bond acceptors (Lipinski definition) is 3. The molecular weight excluding hydrogens is 152 g/mol. The summed E-state index contributed by atoms with van der Waals surface area (Å²) in [6.07, 6.45) is 2.86. The number of aliphatic hydroxyl groups excluding tert-OH is 1. The van der Waals surface area contributed by atoms with E-state index < -0.39 is 0 Å². The highest BCUT2D eigenvalue weighted by Crippen LogP contribution is 1.95. The predicted octanol–water partition coefficient (Wildman–Crippen LogP) is 0.994. The zero-order valence-electron chi connectivity index (χ0n) is 7.79. The summed E-state index contributed by atoms with van der Waals surface area (Å²) < 4.78 is 0. The Morgan fingerprint density at radius 1 is 1.33 bits per heavy atom. The number of rotatable bonds is 7. The van der Waals surface area contributed by atoms with Gasteiger partial charge in [-0.25, -0.2) is 0 Å². The van der Waals surface area contributed by atoms with Crippen LogP contribution in [0.25, 0.3) is 0 Å². The molecule has 0 aromatic rings. The molecule has 0 aliphatic heterocycles. The van der Waals surface area contributed by atoms with Crippen LogP contribution >= 0.6 is 0 Å². The van der Waals surface area contributed by atoms with Gasteiger partial charge in [-0.1, -0.05) is 13.3 Å². The van der Waals surface area contributed by atoms with Gasteiger partial charge >= 0.3 is 0 Å². The lowest BCUT2D eigenvalue weighted by molar-refractivity contribution is 0.196. The van der Waals surface area contributed by atoms with Gasteiger partial charge in [0.15, 0.2) is 0 Å². The third-order valence-electron chi connectivity index (χ3n) is 1.78. The Hall–Kier alpha value is -0.590. The molecule has 0 radical (unpaired) electrons. The van der Waals surface area contributed by atoms with Crippen LogP contribution in [0.1, 0.15) is 26.2 Å². The number of nitriles is 1. The minimum absolute atomic E-state index is 0.190. The van der Waals surface area contributed by atoms with Gasteiger partial charge in [0.1, 0.15) is 0 Å². The Morgan fingerprint density at radius 2 is 2.08 bits per heavy atom. The van der Waals surface area contributed by atoms with Gasteiger partial charge in [0.25, 0.3) is 0 Å². The first kappa shape index (κ1) is 11.4. The lowest BCUT2D eigenvalue weighted by atomic mass is 10.3. The fourth-order valence-electron chi connectivity index (χ4n) is 1.07. The highest BCUT2D eigenvalue weighted by atomic mass is 16.3. The monoisotopic (exact) mass is 170 g/mol. The topological polar surface area (TPSA) is 47.3 Å². The van der Waals surface area contributed by atoms with Crippen molar-refractivity contribution in [3.63, 3.8) is 0 Å². The normalized spacial score (nSPS) is 10.2. The van der Waals surface area contributed by atoms with Crippen LogP contribution in [0, 0.1) is 11.3 Å². The average Bonchev–Trinajstić information content (AvgIpc) is 2.10. The summed E-state index contributed by atoms with van der Waals surface area (Å²) in [7, 11) is 0. The van der Waals surface area contributed by atoms with E-state index in [1.165, 1.54) is 0 Å². The van der Waals surface area contributed by atoms with Gasteiger partial charge in [-0.05, 0) is 13.0 Å². The van der Waals surface area contributed by atoms with E-state index in [1.807, 2.05) is 0 Å². The lowest BCUT2D eigenvalue weighted by Crippen LogP contribution is -2.28. The van der Waals surface area contributed by atoms with Crippen molar-refractivity contribution in [1.82, 2.24) is 4.90 Å². The number of aliphatic hydroxyl groups is 1. The summed E-state index contributed by atoms with van der Waals surface area (Å²) in [6.45, 7) is 4.81. The van der Waals surface area contributed by atoms with Gasteiger partial charge in [0, 0.05) is 19.5 Å². The maximum atomic E-state index is 8.71. The molecule has 3 heteroatoms. The second kappa shape index (κ2) is 8.51. The second-order valence-corrected chi connectivity index (χ2v) is 2.83. The molecule has 1 N–H and O–H groups in total. The van der Waals surface area contributed by atoms with E-state index in [1.54, 1.807) is 0 Å². The predicted molar refractivity (Wildman–Crippen MR) is 48.7 cm³/mol. The first-order valence-electron chi connectivity index (χ1n) is 4.55. The third-order valence-corrected chi connectivity index (χ3v) is 1.78. The Kier molecular flexibility index (Phi) is 8.09. The molecule has 12 heavy (non-hydrogen) atoms. The van der Waals surface area contributed by atoms with Gasteiger partial charge in [0.2, 0.25) is 0 Å². The summed E-state index contributed by atoms with van der Waals surface area (Å²) in [5.74, 6) is 0. The molecule has 0 amide bonds. The Morgan fingerprint density at radius 3 is 2.58 bits per heavy atom. The number of hydrogen-bond donors (Lipinski definition) is 1. The molecule has 0 rings (SSSR count). The molecule has 0 saturated heterocycles. The molecule has 0 saturated carbocycles. The average molecular weight is 170 g/mol. The maximum Gasteiger partial charge on any atom is 0.0635 e. The van der Waals surface area contributed by atoms with Crippen LogP contribution in [0.2, 0.25) is 0 Å². The molecule has 0 aliphatic rings. The van der Waals surface area contributed by atoms with Gasteiger partial charge in [-0.15, -0.1) is 0 Å². The molecule has 0 bridgehead atoms. The molecule has 0 aliphatic carbocycles. The summed E-state index contributed by atoms with van der Waals surface area (Å²) >= 11 is 0. The lowest BCUT2D eigenvalue weighted by Gasteiger charge is -2.18. The quantitative estimate of drug-likeness (QED) is 0.620. The largest absolute Gasteiger partial charge is 0.395 e. The van der Waals surface area contributed by atoms with Crippen molar-refractivity contribution in [2.75, 3.05) is 26.2 Å². The SMILES string of the molecule is CCCCN(CCO)CCC#N. The molecule has 3 nitrogen and oxygen atoms in total. The molecule has 0 aromatic carbocycles. The van der Waals surface area contributed by atoms with Crippen molar-refractivity contribution in [2.24, 2.45) is 0 Å². The van der Waals surface area contributed by atoms with Gasteiger partial charge in [0.05, 0.1) is 12.7 Å². The second-order valence-electron chi connectivity index (χ2n) is 2.83. The summed E-state index contributed by atoms with van der Waals surface area (Å²) in [6, 6.07) is 2.11. The van der Waals surface area contributed by atoms with E-state index in [0.717, 1.165) is 25.9 Å². The first-order valence-corrected chi connectivity index (χ1v) is 4.55. The minimum atomic E-state index is 0.190. The van der Waals surface area contributed by atoms with Crippen LogP contribution in [-0.4, -0.2) is 36.2 Å². The summed E-state index contributed by atoms with van der Waals surface area (Å²) in [4.78, 5) is 2.13. The zero-order valence-corrected chi connectivity index (χ0v) is 7.79. The molecule has 70 valence electrons. The van der Waals surface area contributed by atoms with Crippen molar-refractivity contribution in [2.45, 2.75) is 26.2 Å². The Labute approximate surface area is 74.6 Å². The standard InChI is InChI=1S/C9H18N2O/c1-2-3-6-11(8-9-12)7-4-5-10/h12H,2-4,6-9H2,1H3. The molecule has 0 fully saturated rings. The van der Waals surface area contributed by atoms with Crippen LogP contribution in [0.3, 0.4) is 0 Å². The number of unbranched alkanes of at least 4 members (excludes halogenated alkanes) is 1. The molecule has 0 aromatic heterocycles. The Bertz CT molecular complexity index is 131. The number of nitrogens with zero attached hydrogens (tertiary/aromatic N) is 2. The van der Waals surface area contributed by atoms with Gasteiger partial charge in [-0.2, -0.15) is 5.26 Å². The van der Waals surface area contributed by atoms with E-state index >= 15 is 0 Å². The van der Waals surface area contributed by atoms with Crippen molar-refractivity contribution < 1.29 is 5.11 Å². The highest BCUT2D eigenvalue weighted by Gasteiger charge is 2.01. The molecular formula is C9H18N2O. The van der Waals surface area contributed by atoms with E-state index in [0.29, 0.717) is 13.0 Å². The first-order chi connectivity index (χ1) is 5.85. The maximum absolute atomic E-state index is 8.71. The molecule has 0 heterocycles. The molecule has 0 atom stereocenters. The minimum Gasteiger partial charge on any atom is -0.395 e. The third kappa shape index (κ3) is 6.14. The van der Waals surface area contributed by atoms with E-state index in [9.17, 15) is 0 Å². The van der Waals surface area contributed by atoms with Crippen LogP contribution < -0.4 is 0 Å². The van der Waals surface area contributed by atoms with Gasteiger partial charge < -0.3 is 10.0 Å². The molecule has 0 spiro atoms. The highest BCUT2D eigenvalue weighted by molar-refractivity contribution is 4.72. The van der Waals surface area contributed by atoms with Gasteiger partial charge in [-0.3, -0.25) is 0 Å². The smallest absolute Gasteiger partial charge is 0.0635 e. The van der Waals surface area contributed by atoms with E-state index in [4.69, 9.17) is 10.4 Å². The van der Waals surface area contributed by atoms with Crippen molar-refractivity contribution in [3.8, 4) is 6.07 Å². The fraction of sp³-hybridized carbons (Fsp3) is 0.889. The summed E-state index contributed by atoms with van der Waals surface area (Å²) in [5, 5.41) is 17.1. The van der Waals surface area contributed by atoms with Crippen molar-refractivity contribution in [1.29, 1.82) is 5.26 Å². The van der Waals surface area contributed by atoms with E-state index in [2.05, 4.69) is 17.9 Å². The van der Waals surface area contributed by atoms with Crippen molar-refractivity contribution >= 4 is 0 Å². The molecule has 0 unspecified atom stereocenters. The summed E-state index contributed by atoms with van der Waals surface area (Å²) in [5.41, 5.74) is 0. The van der Waals surface area contributed by atoms with Crippen LogP contribution in [0.5, 0.6) is 0 Å². The fourth-order valence-corrected chi connectivity index (χ4v) is 1.07.